The summed E-state index contributed by atoms with van der Waals surface area (Å²) in [5.41, 5.74) is 0.169. The first-order valence-corrected chi connectivity index (χ1v) is 3.75. The Balaban J connectivity index is 2.06. The Morgan fingerprint density at radius 3 is 2.30 bits per heavy atom. The number of halogens is 1. The number of alkyl halides is 1. The third kappa shape index (κ3) is 2.65. The second-order valence-electron chi connectivity index (χ2n) is 4.16. The largest absolute Gasteiger partial charge is 0.375 e. The minimum Gasteiger partial charge on any atom is -0.375 e. The fraction of sp³-hybridized carbons (Fsp3) is 1.00. The maximum Gasteiger partial charge on any atom is 0.129 e. The van der Waals surface area contributed by atoms with Crippen LogP contribution in [0.5, 0.6) is 0 Å². The molecule has 2 atom stereocenters. The summed E-state index contributed by atoms with van der Waals surface area (Å²) in [5.74, 6) is 0. The van der Waals surface area contributed by atoms with Gasteiger partial charge < -0.3 is 4.74 Å². The number of hydrogen-bond donors (Lipinski definition) is 0. The average molecular weight is 146 g/mol. The highest BCUT2D eigenvalue weighted by atomic mass is 19.1. The van der Waals surface area contributed by atoms with Gasteiger partial charge in [0.05, 0.1) is 12.7 Å². The van der Waals surface area contributed by atoms with Crippen LogP contribution in [0.25, 0.3) is 0 Å². The quantitative estimate of drug-likeness (QED) is 0.580. The summed E-state index contributed by atoms with van der Waals surface area (Å²) in [5, 5.41) is 0. The molecule has 0 aromatic carbocycles. The first-order chi connectivity index (χ1) is 4.49. The minimum atomic E-state index is -0.678. The molecule has 2 heteroatoms. The van der Waals surface area contributed by atoms with Crippen molar-refractivity contribution in [1.29, 1.82) is 0 Å². The highest BCUT2D eigenvalue weighted by Crippen LogP contribution is 2.30. The van der Waals surface area contributed by atoms with Crippen molar-refractivity contribution in [3.63, 3.8) is 0 Å². The Hall–Kier alpha value is -0.110. The fourth-order valence-electron chi connectivity index (χ4n) is 0.673. The molecule has 0 aromatic heterocycles. The summed E-state index contributed by atoms with van der Waals surface area (Å²) in [6.07, 6.45) is -0.155. The van der Waals surface area contributed by atoms with Gasteiger partial charge in [0.2, 0.25) is 0 Å². The molecule has 0 N–H and O–H groups in total. The topological polar surface area (TPSA) is 9.23 Å². The Labute approximate surface area is 61.6 Å². The maximum absolute atomic E-state index is 12.2. The molecular weight excluding hydrogens is 131 g/mol. The molecule has 0 aliphatic heterocycles. The van der Waals surface area contributed by atoms with E-state index in [-0.39, 0.29) is 11.5 Å². The third-order valence-electron chi connectivity index (χ3n) is 1.39. The van der Waals surface area contributed by atoms with Gasteiger partial charge in [0.1, 0.15) is 6.17 Å². The Morgan fingerprint density at radius 1 is 1.50 bits per heavy atom. The van der Waals surface area contributed by atoms with Gasteiger partial charge in [-0.3, -0.25) is 0 Å². The summed E-state index contributed by atoms with van der Waals surface area (Å²) in [7, 11) is 0. The van der Waals surface area contributed by atoms with Gasteiger partial charge in [-0.05, 0) is 5.41 Å². The minimum absolute atomic E-state index is 0.0841. The first kappa shape index (κ1) is 7.99. The Bertz CT molecular complexity index is 117. The summed E-state index contributed by atoms with van der Waals surface area (Å²) >= 11 is 0. The molecule has 0 bridgehead atoms. The van der Waals surface area contributed by atoms with E-state index in [9.17, 15) is 4.39 Å². The predicted molar refractivity (Wildman–Crippen MR) is 38.7 cm³/mol. The van der Waals surface area contributed by atoms with E-state index >= 15 is 0 Å². The standard InChI is InChI=1S/C8H15FO/c1-8(2,3)5-10-7-4-6(7)9/h6-7H,4-5H2,1-3H3. The lowest BCUT2D eigenvalue weighted by molar-refractivity contribution is 0.0478. The molecule has 0 saturated heterocycles. The smallest absolute Gasteiger partial charge is 0.129 e. The number of hydrogen-bond acceptors (Lipinski definition) is 1. The van der Waals surface area contributed by atoms with Gasteiger partial charge in [-0.25, -0.2) is 4.39 Å². The van der Waals surface area contributed by atoms with Crippen LogP contribution in [-0.4, -0.2) is 18.9 Å². The van der Waals surface area contributed by atoms with E-state index in [1.165, 1.54) is 0 Å². The van der Waals surface area contributed by atoms with E-state index in [2.05, 4.69) is 20.8 Å². The SMILES string of the molecule is CC(C)(C)COC1CC1F. The van der Waals surface area contributed by atoms with Crippen molar-refractivity contribution >= 4 is 0 Å². The van der Waals surface area contributed by atoms with Crippen molar-refractivity contribution in [3.05, 3.63) is 0 Å². The molecule has 0 aromatic rings. The van der Waals surface area contributed by atoms with E-state index < -0.39 is 6.17 Å². The first-order valence-electron chi connectivity index (χ1n) is 3.75. The third-order valence-corrected chi connectivity index (χ3v) is 1.39. The maximum atomic E-state index is 12.2. The lowest BCUT2D eigenvalue weighted by Crippen LogP contribution is -2.16. The van der Waals surface area contributed by atoms with Crippen LogP contribution in [-0.2, 0) is 4.74 Å². The molecule has 1 saturated carbocycles. The monoisotopic (exact) mass is 146 g/mol. The van der Waals surface area contributed by atoms with Crippen molar-refractivity contribution in [2.45, 2.75) is 39.5 Å². The number of ether oxygens (including phenoxy) is 1. The molecule has 0 radical (unpaired) electrons. The molecule has 0 heterocycles. The summed E-state index contributed by atoms with van der Waals surface area (Å²) in [6.45, 7) is 6.92. The second-order valence-corrected chi connectivity index (χ2v) is 4.16. The molecule has 1 fully saturated rings. The predicted octanol–water partition coefficient (Wildman–Crippen LogP) is 2.16. The van der Waals surface area contributed by atoms with Crippen LogP contribution in [0.15, 0.2) is 0 Å². The van der Waals surface area contributed by atoms with Crippen molar-refractivity contribution in [1.82, 2.24) is 0 Å². The lowest BCUT2D eigenvalue weighted by Gasteiger charge is -2.17. The van der Waals surface area contributed by atoms with Crippen LogP contribution >= 0.6 is 0 Å². The second kappa shape index (κ2) is 2.50. The zero-order valence-corrected chi connectivity index (χ0v) is 6.86. The van der Waals surface area contributed by atoms with Crippen LogP contribution in [0.1, 0.15) is 27.2 Å². The van der Waals surface area contributed by atoms with Crippen molar-refractivity contribution in [2.75, 3.05) is 6.61 Å². The van der Waals surface area contributed by atoms with E-state index in [0.717, 1.165) is 0 Å². The van der Waals surface area contributed by atoms with E-state index in [1.54, 1.807) is 0 Å². The van der Waals surface area contributed by atoms with Gasteiger partial charge in [-0.1, -0.05) is 20.8 Å². The van der Waals surface area contributed by atoms with Gasteiger partial charge in [-0.15, -0.1) is 0 Å². The molecule has 1 rings (SSSR count). The molecule has 2 unspecified atom stereocenters. The van der Waals surface area contributed by atoms with Gasteiger partial charge >= 0.3 is 0 Å². The van der Waals surface area contributed by atoms with Crippen LogP contribution in [0, 0.1) is 5.41 Å². The Morgan fingerprint density at radius 2 is 2.00 bits per heavy atom. The summed E-state index contributed by atoms with van der Waals surface area (Å²) < 4.78 is 17.5. The van der Waals surface area contributed by atoms with Crippen LogP contribution in [0.2, 0.25) is 0 Å². The van der Waals surface area contributed by atoms with Crippen molar-refractivity contribution in [3.8, 4) is 0 Å². The Kier molecular flexibility index (Phi) is 1.99. The van der Waals surface area contributed by atoms with E-state index in [1.807, 2.05) is 0 Å². The zero-order valence-electron chi connectivity index (χ0n) is 6.86. The van der Waals surface area contributed by atoms with Crippen LogP contribution in [0.3, 0.4) is 0 Å². The van der Waals surface area contributed by atoms with Crippen LogP contribution in [0.4, 0.5) is 4.39 Å². The van der Waals surface area contributed by atoms with Gasteiger partial charge in [-0.2, -0.15) is 0 Å². The molecule has 1 aliphatic rings. The van der Waals surface area contributed by atoms with Gasteiger partial charge in [0, 0.05) is 6.42 Å². The zero-order chi connectivity index (χ0) is 7.78. The molecule has 0 amide bonds. The molecule has 60 valence electrons. The highest BCUT2D eigenvalue weighted by Gasteiger charge is 2.39. The summed E-state index contributed by atoms with van der Waals surface area (Å²) in [4.78, 5) is 0. The normalized spacial score (nSPS) is 32.4. The molecular formula is C8H15FO. The van der Waals surface area contributed by atoms with Crippen molar-refractivity contribution in [2.24, 2.45) is 5.41 Å². The lowest BCUT2D eigenvalue weighted by atomic mass is 9.99. The molecule has 1 aliphatic carbocycles. The fourth-order valence-corrected chi connectivity index (χ4v) is 0.673. The molecule has 10 heavy (non-hydrogen) atoms. The number of rotatable bonds is 2. The molecule has 0 spiro atoms. The summed E-state index contributed by atoms with van der Waals surface area (Å²) in [6, 6.07) is 0. The van der Waals surface area contributed by atoms with Crippen molar-refractivity contribution < 1.29 is 9.13 Å². The molecule has 1 nitrogen and oxygen atoms in total. The van der Waals surface area contributed by atoms with E-state index in [4.69, 9.17) is 4.74 Å². The van der Waals surface area contributed by atoms with E-state index in [0.29, 0.717) is 13.0 Å². The van der Waals surface area contributed by atoms with Gasteiger partial charge in [0.25, 0.3) is 0 Å². The highest BCUT2D eigenvalue weighted by molar-refractivity contribution is 4.88. The van der Waals surface area contributed by atoms with Crippen LogP contribution < -0.4 is 0 Å². The average Bonchev–Trinajstić information content (AvgIpc) is 2.40. The van der Waals surface area contributed by atoms with Gasteiger partial charge in [0.15, 0.2) is 0 Å².